The molecule has 0 aromatic heterocycles. The second-order valence-corrected chi connectivity index (χ2v) is 5.04. The average molecular weight is 283 g/mol. The van der Waals surface area contributed by atoms with Gasteiger partial charge in [0.25, 0.3) is 5.91 Å². The van der Waals surface area contributed by atoms with Gasteiger partial charge in [-0.2, -0.15) is 0 Å². The van der Waals surface area contributed by atoms with Gasteiger partial charge in [0.2, 0.25) is 0 Å². The first-order valence-corrected chi connectivity index (χ1v) is 6.98. The maximum atomic E-state index is 11.9. The molecule has 104 valence electrons. The molecule has 1 aliphatic heterocycles. The third-order valence-electron chi connectivity index (χ3n) is 3.28. The summed E-state index contributed by atoms with van der Waals surface area (Å²) < 4.78 is 5.61. The highest BCUT2D eigenvalue weighted by atomic mass is 35.5. The normalized spacial score (nSPS) is 14.7. The number of halogens is 1. The maximum absolute atomic E-state index is 11.9. The molecule has 1 fully saturated rings. The third kappa shape index (κ3) is 3.61. The van der Waals surface area contributed by atoms with Gasteiger partial charge >= 0.3 is 0 Å². The minimum absolute atomic E-state index is 0.0381. The monoisotopic (exact) mass is 282 g/mol. The lowest BCUT2D eigenvalue weighted by molar-refractivity contribution is -0.132. The van der Waals surface area contributed by atoms with Crippen molar-refractivity contribution in [3.8, 4) is 5.75 Å². The van der Waals surface area contributed by atoms with Crippen molar-refractivity contribution in [1.82, 2.24) is 4.90 Å². The van der Waals surface area contributed by atoms with Gasteiger partial charge in [-0.3, -0.25) is 4.79 Å². The first kappa shape index (κ1) is 14.2. The quantitative estimate of drug-likeness (QED) is 0.897. The third-order valence-corrected chi connectivity index (χ3v) is 3.63. The number of likely N-dealkylation sites (tertiary alicyclic amines) is 1. The van der Waals surface area contributed by atoms with Gasteiger partial charge in [0.05, 0.1) is 0 Å². The van der Waals surface area contributed by atoms with E-state index in [0.717, 1.165) is 31.5 Å². The van der Waals surface area contributed by atoms with E-state index >= 15 is 0 Å². The van der Waals surface area contributed by atoms with Gasteiger partial charge in [-0.1, -0.05) is 17.7 Å². The Morgan fingerprint density at radius 3 is 2.79 bits per heavy atom. The van der Waals surface area contributed by atoms with E-state index in [2.05, 4.69) is 0 Å². The van der Waals surface area contributed by atoms with Crippen LogP contribution in [0.5, 0.6) is 5.75 Å². The van der Waals surface area contributed by atoms with E-state index in [0.29, 0.717) is 23.7 Å². The van der Waals surface area contributed by atoms with Crippen molar-refractivity contribution in [2.75, 3.05) is 26.2 Å². The van der Waals surface area contributed by atoms with Gasteiger partial charge in [-0.05, 0) is 37.9 Å². The molecule has 2 N–H and O–H groups in total. The molecule has 0 saturated carbocycles. The van der Waals surface area contributed by atoms with Crippen molar-refractivity contribution in [2.45, 2.75) is 19.3 Å². The number of hydrogen-bond donors (Lipinski definition) is 1. The van der Waals surface area contributed by atoms with Crippen LogP contribution in [-0.4, -0.2) is 37.0 Å². The van der Waals surface area contributed by atoms with Gasteiger partial charge in [0.15, 0.2) is 6.61 Å². The summed E-state index contributed by atoms with van der Waals surface area (Å²) in [6.07, 6.45) is 2.82. The fraction of sp³-hybridized carbons (Fsp3) is 0.500. The molecule has 0 radical (unpaired) electrons. The summed E-state index contributed by atoms with van der Waals surface area (Å²) in [4.78, 5) is 13.8. The van der Waals surface area contributed by atoms with E-state index in [1.54, 1.807) is 0 Å². The molecule has 1 aromatic rings. The summed E-state index contributed by atoms with van der Waals surface area (Å²) >= 11 is 6.12. The van der Waals surface area contributed by atoms with Gasteiger partial charge < -0.3 is 15.4 Å². The Morgan fingerprint density at radius 1 is 1.37 bits per heavy atom. The number of amides is 1. The zero-order valence-corrected chi connectivity index (χ0v) is 11.7. The molecular formula is C14H19ClN2O2. The number of benzene rings is 1. The highest BCUT2D eigenvalue weighted by molar-refractivity contribution is 6.31. The van der Waals surface area contributed by atoms with E-state index in [4.69, 9.17) is 22.1 Å². The molecule has 0 spiro atoms. The maximum Gasteiger partial charge on any atom is 0.260 e. The second-order valence-electron chi connectivity index (χ2n) is 4.63. The number of carbonyl (C=O) groups is 1. The van der Waals surface area contributed by atoms with E-state index in [1.807, 2.05) is 23.1 Å². The predicted octanol–water partition coefficient (Wildman–Crippen LogP) is 1.84. The highest BCUT2D eigenvalue weighted by Crippen LogP contribution is 2.26. The first-order valence-electron chi connectivity index (χ1n) is 6.60. The van der Waals surface area contributed by atoms with Crippen molar-refractivity contribution >= 4 is 17.5 Å². The van der Waals surface area contributed by atoms with Crippen LogP contribution in [-0.2, 0) is 11.2 Å². The smallest absolute Gasteiger partial charge is 0.260 e. The lowest BCUT2D eigenvalue weighted by Gasteiger charge is -2.17. The Labute approximate surface area is 118 Å². The summed E-state index contributed by atoms with van der Waals surface area (Å²) in [5.41, 5.74) is 6.44. The average Bonchev–Trinajstić information content (AvgIpc) is 2.93. The molecule has 1 saturated heterocycles. The molecule has 5 heteroatoms. The molecule has 1 heterocycles. The number of nitrogens with zero attached hydrogens (tertiary/aromatic N) is 1. The van der Waals surface area contributed by atoms with Crippen molar-refractivity contribution in [2.24, 2.45) is 5.73 Å². The van der Waals surface area contributed by atoms with Crippen LogP contribution in [0.15, 0.2) is 18.2 Å². The van der Waals surface area contributed by atoms with Crippen LogP contribution in [0.3, 0.4) is 0 Å². The zero-order valence-electron chi connectivity index (χ0n) is 10.9. The standard InChI is InChI=1S/C14H19ClN2O2/c15-12-4-3-5-13(11(12)6-7-16)19-10-14(18)17-8-1-2-9-17/h3-5H,1-2,6-10,16H2. The molecule has 1 amide bonds. The van der Waals surface area contributed by atoms with E-state index in [-0.39, 0.29) is 12.5 Å². The van der Waals surface area contributed by atoms with Crippen LogP contribution in [0.4, 0.5) is 0 Å². The van der Waals surface area contributed by atoms with Crippen molar-refractivity contribution in [3.05, 3.63) is 28.8 Å². The fourth-order valence-corrected chi connectivity index (χ4v) is 2.52. The van der Waals surface area contributed by atoms with Crippen molar-refractivity contribution in [3.63, 3.8) is 0 Å². The van der Waals surface area contributed by atoms with E-state index in [1.165, 1.54) is 0 Å². The number of nitrogens with two attached hydrogens (primary N) is 1. The summed E-state index contributed by atoms with van der Waals surface area (Å²) in [7, 11) is 0. The number of rotatable bonds is 5. The number of ether oxygens (including phenoxy) is 1. The lowest BCUT2D eigenvalue weighted by Crippen LogP contribution is -2.32. The summed E-state index contributed by atoms with van der Waals surface area (Å²) in [5.74, 6) is 0.696. The molecule has 0 atom stereocenters. The van der Waals surface area contributed by atoms with Gasteiger partial charge in [-0.15, -0.1) is 0 Å². The molecule has 0 aliphatic carbocycles. The Kier molecular flexibility index (Phi) is 5.05. The van der Waals surface area contributed by atoms with Gasteiger partial charge in [0, 0.05) is 23.7 Å². The first-order chi connectivity index (χ1) is 9.22. The van der Waals surface area contributed by atoms with Crippen molar-refractivity contribution in [1.29, 1.82) is 0 Å². The van der Waals surface area contributed by atoms with Crippen LogP contribution >= 0.6 is 11.6 Å². The summed E-state index contributed by atoms with van der Waals surface area (Å²) in [6, 6.07) is 5.45. The Balaban J connectivity index is 1.98. The van der Waals surface area contributed by atoms with E-state index in [9.17, 15) is 4.79 Å². The number of hydrogen-bond acceptors (Lipinski definition) is 3. The van der Waals surface area contributed by atoms with Gasteiger partial charge in [0.1, 0.15) is 5.75 Å². The second kappa shape index (κ2) is 6.78. The molecular weight excluding hydrogens is 264 g/mol. The minimum Gasteiger partial charge on any atom is -0.483 e. The molecule has 0 unspecified atom stereocenters. The molecule has 1 aliphatic rings. The minimum atomic E-state index is 0.0381. The van der Waals surface area contributed by atoms with Crippen LogP contribution in [0.25, 0.3) is 0 Å². The van der Waals surface area contributed by atoms with Crippen LogP contribution in [0, 0.1) is 0 Å². The van der Waals surface area contributed by atoms with Crippen molar-refractivity contribution < 1.29 is 9.53 Å². The molecule has 4 nitrogen and oxygen atoms in total. The van der Waals surface area contributed by atoms with E-state index < -0.39 is 0 Å². The highest BCUT2D eigenvalue weighted by Gasteiger charge is 2.18. The zero-order chi connectivity index (χ0) is 13.7. The number of carbonyl (C=O) groups excluding carboxylic acids is 1. The largest absolute Gasteiger partial charge is 0.483 e. The van der Waals surface area contributed by atoms with Crippen LogP contribution in [0.2, 0.25) is 5.02 Å². The molecule has 19 heavy (non-hydrogen) atoms. The fourth-order valence-electron chi connectivity index (χ4n) is 2.26. The molecule has 2 rings (SSSR count). The Morgan fingerprint density at radius 2 is 2.11 bits per heavy atom. The van der Waals surface area contributed by atoms with Crippen LogP contribution in [0.1, 0.15) is 18.4 Å². The molecule has 0 bridgehead atoms. The van der Waals surface area contributed by atoms with Gasteiger partial charge in [-0.25, -0.2) is 0 Å². The topological polar surface area (TPSA) is 55.6 Å². The van der Waals surface area contributed by atoms with Crippen LogP contribution < -0.4 is 10.5 Å². The Hall–Kier alpha value is -1.26. The summed E-state index contributed by atoms with van der Waals surface area (Å²) in [6.45, 7) is 2.25. The lowest BCUT2D eigenvalue weighted by atomic mass is 10.1. The molecule has 1 aromatic carbocycles. The predicted molar refractivity (Wildman–Crippen MR) is 75.5 cm³/mol. The summed E-state index contributed by atoms with van der Waals surface area (Å²) in [5, 5.41) is 0.636. The Bertz CT molecular complexity index is 445. The SMILES string of the molecule is NCCc1c(Cl)cccc1OCC(=O)N1CCCC1.